The quantitative estimate of drug-likeness (QED) is 0.905. The molecular formula is C15H19N3OS2. The Bertz CT molecular complexity index is 668. The number of thiazole rings is 1. The molecule has 2 aromatic heterocycles. The van der Waals surface area contributed by atoms with Crippen molar-refractivity contribution in [3.8, 4) is 10.6 Å². The Kier molecular flexibility index (Phi) is 3.86. The zero-order valence-electron chi connectivity index (χ0n) is 12.2. The van der Waals surface area contributed by atoms with E-state index in [1.165, 1.54) is 16.2 Å². The molecule has 4 nitrogen and oxygen atoms in total. The molecule has 1 fully saturated rings. The number of thiophene rings is 1. The fraction of sp³-hybridized carbons (Fsp3) is 0.467. The monoisotopic (exact) mass is 321 g/mol. The van der Waals surface area contributed by atoms with Crippen molar-refractivity contribution in [2.45, 2.75) is 45.1 Å². The van der Waals surface area contributed by atoms with Gasteiger partial charge in [0.15, 0.2) is 5.13 Å². The summed E-state index contributed by atoms with van der Waals surface area (Å²) in [5.74, 6) is -0.0948. The number of amides is 1. The second kappa shape index (κ2) is 5.51. The van der Waals surface area contributed by atoms with Crippen LogP contribution < -0.4 is 11.1 Å². The van der Waals surface area contributed by atoms with Crippen molar-refractivity contribution in [1.29, 1.82) is 0 Å². The summed E-state index contributed by atoms with van der Waals surface area (Å²) < 4.78 is 0. The lowest BCUT2D eigenvalue weighted by atomic mass is 9.98. The highest BCUT2D eigenvalue weighted by Crippen LogP contribution is 2.35. The Balaban J connectivity index is 1.80. The van der Waals surface area contributed by atoms with E-state index in [4.69, 9.17) is 5.73 Å². The molecule has 1 amide bonds. The summed E-state index contributed by atoms with van der Waals surface area (Å²) >= 11 is 3.23. The maximum absolute atomic E-state index is 12.3. The van der Waals surface area contributed by atoms with Crippen molar-refractivity contribution >= 4 is 33.7 Å². The van der Waals surface area contributed by atoms with Gasteiger partial charge < -0.3 is 11.1 Å². The second-order valence-corrected chi connectivity index (χ2v) is 8.14. The van der Waals surface area contributed by atoms with E-state index in [-0.39, 0.29) is 5.91 Å². The molecule has 0 aliphatic heterocycles. The number of anilines is 1. The lowest BCUT2D eigenvalue weighted by Gasteiger charge is -2.21. The first-order valence-corrected chi connectivity index (χ1v) is 8.76. The molecule has 0 aromatic carbocycles. The molecule has 1 aliphatic carbocycles. The van der Waals surface area contributed by atoms with Crippen molar-refractivity contribution in [3.05, 3.63) is 21.9 Å². The lowest BCUT2D eigenvalue weighted by Crippen LogP contribution is -2.48. The van der Waals surface area contributed by atoms with Crippen molar-refractivity contribution < 1.29 is 4.79 Å². The average molecular weight is 321 g/mol. The van der Waals surface area contributed by atoms with Crippen LogP contribution in [0.25, 0.3) is 10.6 Å². The van der Waals surface area contributed by atoms with Crippen LogP contribution >= 0.6 is 22.7 Å². The van der Waals surface area contributed by atoms with Crippen molar-refractivity contribution in [3.63, 3.8) is 0 Å². The van der Waals surface area contributed by atoms with Gasteiger partial charge in [-0.25, -0.2) is 4.98 Å². The van der Waals surface area contributed by atoms with Gasteiger partial charge in [0.05, 0.1) is 16.1 Å². The van der Waals surface area contributed by atoms with Crippen LogP contribution in [0.1, 0.15) is 35.4 Å². The number of nitrogens with one attached hydrogen (secondary N) is 1. The van der Waals surface area contributed by atoms with Crippen LogP contribution in [0.15, 0.2) is 12.1 Å². The summed E-state index contributed by atoms with van der Waals surface area (Å²) in [6.45, 7) is 4.11. The highest BCUT2D eigenvalue weighted by Gasteiger charge is 2.37. The molecule has 3 N–H and O–H groups in total. The van der Waals surface area contributed by atoms with Gasteiger partial charge in [-0.2, -0.15) is 0 Å². The summed E-state index contributed by atoms with van der Waals surface area (Å²) in [6, 6.07) is 4.17. The summed E-state index contributed by atoms with van der Waals surface area (Å²) in [7, 11) is 0. The first-order valence-electron chi connectivity index (χ1n) is 7.12. The van der Waals surface area contributed by atoms with Gasteiger partial charge in [-0.1, -0.05) is 12.8 Å². The molecule has 2 aromatic rings. The third-order valence-electron chi connectivity index (χ3n) is 3.94. The number of nitrogens with two attached hydrogens (primary N) is 1. The molecule has 2 heterocycles. The second-order valence-electron chi connectivity index (χ2n) is 5.65. The van der Waals surface area contributed by atoms with Gasteiger partial charge in [0.1, 0.15) is 0 Å². The van der Waals surface area contributed by atoms with Gasteiger partial charge in [0.2, 0.25) is 5.91 Å². The number of nitrogens with zero attached hydrogens (tertiary/aromatic N) is 1. The standard InChI is InChI=1S/C15H19N3OS2/c1-9-5-6-11(20-9)12-10(2)21-14(17-12)18-13(19)15(16)7-3-4-8-15/h5-6H,3-4,7-8,16H2,1-2H3,(H,17,18,19). The number of carbonyl (C=O) groups is 1. The minimum atomic E-state index is -0.709. The van der Waals surface area contributed by atoms with Crippen LogP contribution in [0.3, 0.4) is 0 Å². The van der Waals surface area contributed by atoms with E-state index in [1.807, 2.05) is 6.92 Å². The van der Waals surface area contributed by atoms with E-state index in [0.29, 0.717) is 5.13 Å². The fourth-order valence-corrected chi connectivity index (χ4v) is 4.50. The Morgan fingerprint density at radius 3 is 2.62 bits per heavy atom. The van der Waals surface area contributed by atoms with Crippen LogP contribution in [-0.2, 0) is 4.79 Å². The molecule has 1 aliphatic rings. The third-order valence-corrected chi connectivity index (χ3v) is 5.83. The Morgan fingerprint density at radius 1 is 1.29 bits per heavy atom. The van der Waals surface area contributed by atoms with Gasteiger partial charge in [0.25, 0.3) is 0 Å². The highest BCUT2D eigenvalue weighted by molar-refractivity contribution is 7.18. The number of aromatic nitrogens is 1. The number of aryl methyl sites for hydroxylation is 2. The van der Waals surface area contributed by atoms with Gasteiger partial charge in [0, 0.05) is 9.75 Å². The maximum Gasteiger partial charge on any atom is 0.246 e. The smallest absolute Gasteiger partial charge is 0.246 e. The van der Waals surface area contributed by atoms with Crippen molar-refractivity contribution in [1.82, 2.24) is 4.98 Å². The Hall–Kier alpha value is -1.24. The molecular weight excluding hydrogens is 302 g/mol. The predicted molar refractivity (Wildman–Crippen MR) is 88.9 cm³/mol. The molecule has 0 radical (unpaired) electrons. The van der Waals surface area contributed by atoms with E-state index in [2.05, 4.69) is 29.4 Å². The molecule has 0 spiro atoms. The maximum atomic E-state index is 12.3. The largest absolute Gasteiger partial charge is 0.317 e. The molecule has 6 heteroatoms. The summed E-state index contributed by atoms with van der Waals surface area (Å²) in [6.07, 6.45) is 3.58. The van der Waals surface area contributed by atoms with Gasteiger partial charge in [-0.05, 0) is 38.8 Å². The molecule has 0 bridgehead atoms. The number of rotatable bonds is 3. The molecule has 3 rings (SSSR count). The van der Waals surface area contributed by atoms with Crippen LogP contribution in [0, 0.1) is 13.8 Å². The van der Waals surface area contributed by atoms with Gasteiger partial charge in [-0.15, -0.1) is 22.7 Å². The summed E-state index contributed by atoms with van der Waals surface area (Å²) in [4.78, 5) is 20.4. The molecule has 0 saturated heterocycles. The van der Waals surface area contributed by atoms with E-state index in [0.717, 1.165) is 41.1 Å². The fourth-order valence-electron chi connectivity index (χ4n) is 2.69. The topological polar surface area (TPSA) is 68.0 Å². The van der Waals surface area contributed by atoms with E-state index in [9.17, 15) is 4.79 Å². The zero-order chi connectivity index (χ0) is 15.0. The number of carbonyl (C=O) groups excluding carboxylic acids is 1. The van der Waals surface area contributed by atoms with Gasteiger partial charge in [-0.3, -0.25) is 4.79 Å². The molecule has 0 atom stereocenters. The minimum Gasteiger partial charge on any atom is -0.317 e. The average Bonchev–Trinajstić information content (AvgIpc) is 3.12. The lowest BCUT2D eigenvalue weighted by molar-refractivity contribution is -0.121. The first kappa shape index (κ1) is 14.7. The van der Waals surface area contributed by atoms with E-state index in [1.54, 1.807) is 11.3 Å². The van der Waals surface area contributed by atoms with Crippen LogP contribution in [0.4, 0.5) is 5.13 Å². The molecule has 21 heavy (non-hydrogen) atoms. The highest BCUT2D eigenvalue weighted by atomic mass is 32.1. The van der Waals surface area contributed by atoms with E-state index < -0.39 is 5.54 Å². The SMILES string of the molecule is Cc1ccc(-c2nc(NC(=O)C3(N)CCCC3)sc2C)s1. The van der Waals surface area contributed by atoms with E-state index >= 15 is 0 Å². The number of hydrogen-bond acceptors (Lipinski definition) is 5. The summed E-state index contributed by atoms with van der Waals surface area (Å²) in [5.41, 5.74) is 6.43. The van der Waals surface area contributed by atoms with Crippen LogP contribution in [0.2, 0.25) is 0 Å². The van der Waals surface area contributed by atoms with Crippen molar-refractivity contribution in [2.75, 3.05) is 5.32 Å². The zero-order valence-corrected chi connectivity index (χ0v) is 13.9. The first-order chi connectivity index (χ1) is 9.98. The summed E-state index contributed by atoms with van der Waals surface area (Å²) in [5, 5.41) is 3.56. The Labute approximate surface area is 132 Å². The predicted octanol–water partition coefficient (Wildman–Crippen LogP) is 3.70. The number of hydrogen-bond donors (Lipinski definition) is 2. The third kappa shape index (κ3) is 2.88. The molecule has 0 unspecified atom stereocenters. The Morgan fingerprint density at radius 2 is 2.00 bits per heavy atom. The van der Waals surface area contributed by atoms with Gasteiger partial charge >= 0.3 is 0 Å². The van der Waals surface area contributed by atoms with Crippen molar-refractivity contribution in [2.24, 2.45) is 5.73 Å². The normalized spacial score (nSPS) is 17.1. The minimum absolute atomic E-state index is 0.0948. The molecule has 112 valence electrons. The molecule has 1 saturated carbocycles. The van der Waals surface area contributed by atoms with Crippen LogP contribution in [-0.4, -0.2) is 16.4 Å². The van der Waals surface area contributed by atoms with Crippen LogP contribution in [0.5, 0.6) is 0 Å².